The number of hydrogen-bond donors (Lipinski definition) is 3. The summed E-state index contributed by atoms with van der Waals surface area (Å²) in [6.07, 6.45) is -0.154. The lowest BCUT2D eigenvalue weighted by Gasteiger charge is -2.21. The lowest BCUT2D eigenvalue weighted by Crippen LogP contribution is -2.50. The van der Waals surface area contributed by atoms with Gasteiger partial charge in [0.15, 0.2) is 0 Å². The van der Waals surface area contributed by atoms with E-state index in [2.05, 4.69) is 5.32 Å². The second-order valence-corrected chi connectivity index (χ2v) is 8.01. The van der Waals surface area contributed by atoms with Gasteiger partial charge in [0.1, 0.15) is 11.3 Å². The minimum atomic E-state index is -1.44. The number of carbonyl (C=O) groups excluding carboxylic acids is 2. The topological polar surface area (TPSA) is 109 Å². The van der Waals surface area contributed by atoms with Crippen molar-refractivity contribution < 1.29 is 24.6 Å². The van der Waals surface area contributed by atoms with Crippen LogP contribution in [0.25, 0.3) is 10.9 Å². The van der Waals surface area contributed by atoms with E-state index < -0.39 is 17.4 Å². The molecule has 3 N–H and O–H groups in total. The molecule has 7 nitrogen and oxygen atoms in total. The fourth-order valence-corrected chi connectivity index (χ4v) is 3.50. The summed E-state index contributed by atoms with van der Waals surface area (Å²) in [5.74, 6) is -2.02. The van der Waals surface area contributed by atoms with Crippen LogP contribution in [0.15, 0.2) is 42.5 Å². The van der Waals surface area contributed by atoms with Crippen LogP contribution in [0.1, 0.15) is 35.5 Å². The number of aromatic hydroxyl groups is 1. The van der Waals surface area contributed by atoms with E-state index in [0.717, 1.165) is 0 Å². The van der Waals surface area contributed by atoms with Crippen LogP contribution in [0.3, 0.4) is 0 Å². The van der Waals surface area contributed by atoms with Crippen molar-refractivity contribution in [1.82, 2.24) is 9.88 Å². The highest BCUT2D eigenvalue weighted by atomic mass is 35.5. The number of nitrogens with one attached hydrogen (secondary N) is 1. The Kier molecular flexibility index (Phi) is 5.59. The van der Waals surface area contributed by atoms with Crippen LogP contribution in [0, 0.1) is 6.92 Å². The fraction of sp³-hybridized carbons (Fsp3) is 0.227. The van der Waals surface area contributed by atoms with Crippen molar-refractivity contribution in [3.05, 3.63) is 64.3 Å². The molecule has 1 heterocycles. The standard InChI is InChI=1S/C22H21ClN2O5/c1-12-16(11-19(27)24-22(2,3)21(29)30)17-10-15(26)7-8-18(17)25(12)20(28)13-5-4-6-14(23)9-13/h4-10,26H,11H2,1-3H3,(H,24,27)(H,29,30). The van der Waals surface area contributed by atoms with Gasteiger partial charge in [-0.3, -0.25) is 14.2 Å². The van der Waals surface area contributed by atoms with Gasteiger partial charge in [0.05, 0.1) is 11.9 Å². The Morgan fingerprint density at radius 2 is 1.83 bits per heavy atom. The van der Waals surface area contributed by atoms with E-state index >= 15 is 0 Å². The smallest absolute Gasteiger partial charge is 0.328 e. The summed E-state index contributed by atoms with van der Waals surface area (Å²) in [4.78, 5) is 37.1. The van der Waals surface area contributed by atoms with E-state index in [4.69, 9.17) is 11.6 Å². The molecule has 0 aliphatic heterocycles. The maximum absolute atomic E-state index is 13.2. The number of carboxylic acids is 1. The third-order valence-corrected chi connectivity index (χ3v) is 5.15. The van der Waals surface area contributed by atoms with Gasteiger partial charge in [0, 0.05) is 21.7 Å². The van der Waals surface area contributed by atoms with E-state index in [1.807, 2.05) is 0 Å². The second kappa shape index (κ2) is 7.84. The van der Waals surface area contributed by atoms with Crippen molar-refractivity contribution in [3.63, 3.8) is 0 Å². The Morgan fingerprint density at radius 1 is 1.13 bits per heavy atom. The number of phenolic OH excluding ortho intramolecular Hbond substituents is 1. The number of hydrogen-bond acceptors (Lipinski definition) is 4. The number of halogens is 1. The highest BCUT2D eigenvalue weighted by Gasteiger charge is 2.30. The molecular weight excluding hydrogens is 408 g/mol. The van der Waals surface area contributed by atoms with Gasteiger partial charge in [-0.25, -0.2) is 4.79 Å². The van der Waals surface area contributed by atoms with Gasteiger partial charge >= 0.3 is 5.97 Å². The highest BCUT2D eigenvalue weighted by molar-refractivity contribution is 6.31. The lowest BCUT2D eigenvalue weighted by atomic mass is 10.0. The quantitative estimate of drug-likeness (QED) is 0.576. The third-order valence-electron chi connectivity index (χ3n) is 4.92. The molecular formula is C22H21ClN2O5. The van der Waals surface area contributed by atoms with Gasteiger partial charge in [-0.1, -0.05) is 17.7 Å². The zero-order valence-electron chi connectivity index (χ0n) is 16.7. The van der Waals surface area contributed by atoms with E-state index in [1.165, 1.54) is 30.5 Å². The number of aliphatic carboxylic acids is 1. The molecule has 3 aromatic rings. The average Bonchev–Trinajstić information content (AvgIpc) is 2.92. The maximum atomic E-state index is 13.2. The minimum Gasteiger partial charge on any atom is -0.508 e. The van der Waals surface area contributed by atoms with Crippen LogP contribution >= 0.6 is 11.6 Å². The Bertz CT molecular complexity index is 1180. The molecule has 30 heavy (non-hydrogen) atoms. The molecule has 0 bridgehead atoms. The first-order valence-corrected chi connectivity index (χ1v) is 9.56. The number of carbonyl (C=O) groups is 3. The second-order valence-electron chi connectivity index (χ2n) is 7.57. The van der Waals surface area contributed by atoms with E-state index in [0.29, 0.717) is 32.7 Å². The maximum Gasteiger partial charge on any atom is 0.328 e. The Labute approximate surface area is 177 Å². The number of nitrogens with zero attached hydrogens (tertiary/aromatic N) is 1. The fourth-order valence-electron chi connectivity index (χ4n) is 3.31. The summed E-state index contributed by atoms with van der Waals surface area (Å²) in [6, 6.07) is 11.1. The molecule has 0 fully saturated rings. The number of carboxylic acid groups (broad SMARTS) is 1. The first-order valence-electron chi connectivity index (χ1n) is 9.19. The normalized spacial score (nSPS) is 11.5. The van der Waals surface area contributed by atoms with Crippen molar-refractivity contribution in [2.45, 2.75) is 32.7 Å². The molecule has 2 aromatic carbocycles. The van der Waals surface area contributed by atoms with Gasteiger partial charge in [-0.2, -0.15) is 0 Å². The number of benzene rings is 2. The van der Waals surface area contributed by atoms with Crippen molar-refractivity contribution >= 4 is 40.3 Å². The van der Waals surface area contributed by atoms with Crippen LogP contribution in [0.4, 0.5) is 0 Å². The van der Waals surface area contributed by atoms with Gasteiger partial charge in [-0.05, 0) is 62.7 Å². The summed E-state index contributed by atoms with van der Waals surface area (Å²) in [5.41, 5.74) is 0.496. The van der Waals surface area contributed by atoms with Crippen molar-refractivity contribution in [2.75, 3.05) is 0 Å². The van der Waals surface area contributed by atoms with Crippen LogP contribution in [0.5, 0.6) is 5.75 Å². The highest BCUT2D eigenvalue weighted by Crippen LogP contribution is 2.30. The lowest BCUT2D eigenvalue weighted by molar-refractivity contribution is -0.145. The molecule has 0 spiro atoms. The van der Waals surface area contributed by atoms with Crippen molar-refractivity contribution in [2.24, 2.45) is 0 Å². The average molecular weight is 429 g/mol. The molecule has 0 radical (unpaired) electrons. The molecule has 8 heteroatoms. The number of rotatable bonds is 5. The SMILES string of the molecule is Cc1c(CC(=O)NC(C)(C)C(=O)O)c2cc(O)ccc2n1C(=O)c1cccc(Cl)c1. The Morgan fingerprint density at radius 3 is 2.47 bits per heavy atom. The molecule has 0 unspecified atom stereocenters. The van der Waals surface area contributed by atoms with Crippen LogP contribution in [-0.4, -0.2) is 38.1 Å². The first-order chi connectivity index (χ1) is 14.0. The summed E-state index contributed by atoms with van der Waals surface area (Å²) in [6.45, 7) is 4.47. The summed E-state index contributed by atoms with van der Waals surface area (Å²) < 4.78 is 1.46. The first kappa shape index (κ1) is 21.4. The van der Waals surface area contributed by atoms with E-state index in [-0.39, 0.29) is 18.1 Å². The monoisotopic (exact) mass is 428 g/mol. The number of aromatic nitrogens is 1. The molecule has 0 saturated heterocycles. The van der Waals surface area contributed by atoms with Crippen molar-refractivity contribution in [1.29, 1.82) is 0 Å². The summed E-state index contributed by atoms with van der Waals surface area (Å²) >= 11 is 6.02. The molecule has 1 aromatic heterocycles. The molecule has 0 atom stereocenters. The van der Waals surface area contributed by atoms with Gasteiger partial charge in [-0.15, -0.1) is 0 Å². The zero-order chi connectivity index (χ0) is 22.2. The predicted molar refractivity (Wildman–Crippen MR) is 113 cm³/mol. The molecule has 0 saturated carbocycles. The largest absolute Gasteiger partial charge is 0.508 e. The van der Waals surface area contributed by atoms with Gasteiger partial charge in [0.25, 0.3) is 5.91 Å². The number of amides is 1. The Hall–Kier alpha value is -3.32. The van der Waals surface area contributed by atoms with Crippen LogP contribution in [-0.2, 0) is 16.0 Å². The van der Waals surface area contributed by atoms with E-state index in [1.54, 1.807) is 37.3 Å². The molecule has 1 amide bonds. The number of fused-ring (bicyclic) bond motifs is 1. The third kappa shape index (κ3) is 4.02. The molecule has 0 aliphatic rings. The molecule has 156 valence electrons. The Balaban J connectivity index is 2.09. The van der Waals surface area contributed by atoms with Crippen LogP contribution < -0.4 is 5.32 Å². The van der Waals surface area contributed by atoms with Crippen molar-refractivity contribution in [3.8, 4) is 5.75 Å². The summed E-state index contributed by atoms with van der Waals surface area (Å²) in [7, 11) is 0. The molecule has 0 aliphatic carbocycles. The van der Waals surface area contributed by atoms with Gasteiger partial charge < -0.3 is 15.5 Å². The number of phenols is 1. The van der Waals surface area contributed by atoms with Crippen LogP contribution in [0.2, 0.25) is 5.02 Å². The van der Waals surface area contributed by atoms with Gasteiger partial charge in [0.2, 0.25) is 5.91 Å². The van der Waals surface area contributed by atoms with E-state index in [9.17, 15) is 24.6 Å². The zero-order valence-corrected chi connectivity index (χ0v) is 17.4. The predicted octanol–water partition coefficient (Wildman–Crippen LogP) is 3.52. The summed E-state index contributed by atoms with van der Waals surface area (Å²) in [5, 5.41) is 22.6. The molecule has 3 rings (SSSR count). The minimum absolute atomic E-state index is 0.0117.